The lowest BCUT2D eigenvalue weighted by Gasteiger charge is -2.36. The third-order valence-corrected chi connectivity index (χ3v) is 5.97. The fourth-order valence-corrected chi connectivity index (χ4v) is 4.36. The number of nitrogens with zero attached hydrogens (tertiary/aromatic N) is 2. The van der Waals surface area contributed by atoms with Crippen LogP contribution in [0, 0.1) is 5.92 Å². The standard InChI is InChI=1S/C19H28BrN3O3/c1-26-19(25)16-11-14(20)12-21-17(16)23-9-7-15(8-10-23)22-18(24)13-5-3-2-4-6-13/h11-13,15,18,22,24H,2-10H2,1H3. The second kappa shape index (κ2) is 9.15. The number of esters is 1. The first-order valence-electron chi connectivity index (χ1n) is 9.51. The SMILES string of the molecule is COC(=O)c1cc(Br)cnc1N1CCC(NC(O)C2CCCCC2)CC1. The molecule has 2 fully saturated rings. The molecular weight excluding hydrogens is 398 g/mol. The summed E-state index contributed by atoms with van der Waals surface area (Å²) in [5, 5.41) is 13.9. The zero-order valence-corrected chi connectivity index (χ0v) is 16.9. The number of carbonyl (C=O) groups is 1. The molecule has 3 rings (SSSR count). The van der Waals surface area contributed by atoms with E-state index < -0.39 is 6.23 Å². The largest absolute Gasteiger partial charge is 0.465 e. The summed E-state index contributed by atoms with van der Waals surface area (Å²) in [7, 11) is 1.38. The summed E-state index contributed by atoms with van der Waals surface area (Å²) in [5.74, 6) is 0.689. The second-order valence-electron chi connectivity index (χ2n) is 7.29. The molecule has 1 aromatic rings. The molecule has 6 nitrogen and oxygen atoms in total. The van der Waals surface area contributed by atoms with E-state index in [9.17, 15) is 9.90 Å². The van der Waals surface area contributed by atoms with E-state index in [0.717, 1.165) is 43.2 Å². The van der Waals surface area contributed by atoms with Gasteiger partial charge in [0.2, 0.25) is 0 Å². The lowest BCUT2D eigenvalue weighted by atomic mass is 9.87. The number of rotatable bonds is 5. The molecule has 0 aromatic carbocycles. The summed E-state index contributed by atoms with van der Waals surface area (Å²) in [5.41, 5.74) is 0.482. The molecular formula is C19H28BrN3O3. The number of aliphatic hydroxyl groups is 1. The van der Waals surface area contributed by atoms with Crippen LogP contribution in [0.4, 0.5) is 5.82 Å². The molecule has 0 spiro atoms. The van der Waals surface area contributed by atoms with E-state index in [1.54, 1.807) is 12.3 Å². The van der Waals surface area contributed by atoms with Crippen LogP contribution in [-0.4, -0.2) is 48.5 Å². The fraction of sp³-hybridized carbons (Fsp3) is 0.684. The fourth-order valence-electron chi connectivity index (χ4n) is 4.03. The third-order valence-electron chi connectivity index (χ3n) is 5.54. The lowest BCUT2D eigenvalue weighted by Crippen LogP contribution is -2.49. The third kappa shape index (κ3) is 4.75. The Morgan fingerprint density at radius 3 is 2.65 bits per heavy atom. The maximum absolute atomic E-state index is 12.1. The average molecular weight is 426 g/mol. The molecule has 1 saturated heterocycles. The van der Waals surface area contributed by atoms with Crippen LogP contribution in [0.3, 0.4) is 0 Å². The van der Waals surface area contributed by atoms with Crippen LogP contribution in [0.25, 0.3) is 0 Å². The van der Waals surface area contributed by atoms with Crippen molar-refractivity contribution < 1.29 is 14.6 Å². The van der Waals surface area contributed by atoms with E-state index in [1.807, 2.05) is 0 Å². The van der Waals surface area contributed by atoms with E-state index >= 15 is 0 Å². The number of ether oxygens (including phenoxy) is 1. The quantitative estimate of drug-likeness (QED) is 0.557. The molecule has 1 saturated carbocycles. The first kappa shape index (κ1) is 19.6. The van der Waals surface area contributed by atoms with Gasteiger partial charge < -0.3 is 14.7 Å². The van der Waals surface area contributed by atoms with Gasteiger partial charge in [-0.1, -0.05) is 19.3 Å². The van der Waals surface area contributed by atoms with Gasteiger partial charge in [0.15, 0.2) is 0 Å². The Labute approximate surface area is 163 Å². The monoisotopic (exact) mass is 425 g/mol. The number of halogens is 1. The zero-order chi connectivity index (χ0) is 18.5. The van der Waals surface area contributed by atoms with Crippen molar-refractivity contribution in [2.45, 2.75) is 57.2 Å². The minimum absolute atomic E-state index is 0.306. The predicted octanol–water partition coefficient (Wildman–Crippen LogP) is 3.09. The highest BCUT2D eigenvalue weighted by atomic mass is 79.9. The molecule has 2 aliphatic rings. The second-order valence-corrected chi connectivity index (χ2v) is 8.20. The minimum atomic E-state index is -0.400. The van der Waals surface area contributed by atoms with Gasteiger partial charge in [0.05, 0.1) is 7.11 Å². The molecule has 0 amide bonds. The highest BCUT2D eigenvalue weighted by molar-refractivity contribution is 9.10. The Morgan fingerprint density at radius 2 is 2.00 bits per heavy atom. The topological polar surface area (TPSA) is 74.7 Å². The predicted molar refractivity (Wildman–Crippen MR) is 104 cm³/mol. The number of pyridine rings is 1. The van der Waals surface area contributed by atoms with Crippen molar-refractivity contribution in [3.05, 3.63) is 22.3 Å². The van der Waals surface area contributed by atoms with Crippen molar-refractivity contribution >= 4 is 27.7 Å². The summed E-state index contributed by atoms with van der Waals surface area (Å²) < 4.78 is 5.65. The number of aromatic nitrogens is 1. The van der Waals surface area contributed by atoms with Crippen molar-refractivity contribution in [1.82, 2.24) is 10.3 Å². The van der Waals surface area contributed by atoms with Gasteiger partial charge in [0, 0.05) is 29.8 Å². The van der Waals surface area contributed by atoms with Crippen LogP contribution in [-0.2, 0) is 4.74 Å². The van der Waals surface area contributed by atoms with Crippen LogP contribution in [0.15, 0.2) is 16.7 Å². The van der Waals surface area contributed by atoms with E-state index in [2.05, 4.69) is 31.1 Å². The first-order valence-corrected chi connectivity index (χ1v) is 10.3. The lowest BCUT2D eigenvalue weighted by molar-refractivity contribution is 0.0416. The van der Waals surface area contributed by atoms with E-state index in [4.69, 9.17) is 4.74 Å². The molecule has 1 unspecified atom stereocenters. The van der Waals surface area contributed by atoms with Gasteiger partial charge in [0.1, 0.15) is 17.6 Å². The van der Waals surface area contributed by atoms with E-state index in [0.29, 0.717) is 23.3 Å². The Hall–Kier alpha value is -1.18. The molecule has 7 heteroatoms. The van der Waals surface area contributed by atoms with Crippen molar-refractivity contribution in [1.29, 1.82) is 0 Å². The summed E-state index contributed by atoms with van der Waals surface area (Å²) >= 11 is 3.37. The molecule has 1 atom stereocenters. The Bertz CT molecular complexity index is 614. The van der Waals surface area contributed by atoms with Crippen molar-refractivity contribution in [3.8, 4) is 0 Å². The van der Waals surface area contributed by atoms with Crippen molar-refractivity contribution in [3.63, 3.8) is 0 Å². The highest BCUT2D eigenvalue weighted by Gasteiger charge is 2.28. The number of piperidine rings is 1. The van der Waals surface area contributed by atoms with Crippen molar-refractivity contribution in [2.24, 2.45) is 5.92 Å². The number of nitrogens with one attached hydrogen (secondary N) is 1. The number of hydrogen-bond acceptors (Lipinski definition) is 6. The normalized spacial score (nSPS) is 20.8. The molecule has 144 valence electrons. The van der Waals surface area contributed by atoms with E-state index in [1.165, 1.54) is 26.4 Å². The van der Waals surface area contributed by atoms with Crippen LogP contribution in [0.1, 0.15) is 55.3 Å². The maximum atomic E-state index is 12.1. The summed E-state index contributed by atoms with van der Waals surface area (Å²) in [4.78, 5) is 18.6. The smallest absolute Gasteiger partial charge is 0.341 e. The van der Waals surface area contributed by atoms with Gasteiger partial charge >= 0.3 is 5.97 Å². The zero-order valence-electron chi connectivity index (χ0n) is 15.3. The number of hydrogen-bond donors (Lipinski definition) is 2. The minimum Gasteiger partial charge on any atom is -0.465 e. The first-order chi connectivity index (χ1) is 12.6. The van der Waals surface area contributed by atoms with Gasteiger partial charge in [-0.15, -0.1) is 0 Å². The van der Waals surface area contributed by atoms with Crippen LogP contribution in [0.2, 0.25) is 0 Å². The van der Waals surface area contributed by atoms with Gasteiger partial charge in [-0.05, 0) is 53.6 Å². The maximum Gasteiger partial charge on any atom is 0.341 e. The van der Waals surface area contributed by atoms with Crippen LogP contribution in [0.5, 0.6) is 0 Å². The Morgan fingerprint density at radius 1 is 1.31 bits per heavy atom. The van der Waals surface area contributed by atoms with Gasteiger partial charge in [0.25, 0.3) is 0 Å². The molecule has 1 aliphatic heterocycles. The Balaban J connectivity index is 1.57. The summed E-state index contributed by atoms with van der Waals surface area (Å²) in [6.07, 6.45) is 9.15. The summed E-state index contributed by atoms with van der Waals surface area (Å²) in [6, 6.07) is 2.06. The van der Waals surface area contributed by atoms with Gasteiger partial charge in [-0.25, -0.2) is 9.78 Å². The number of methoxy groups -OCH3 is 1. The number of aliphatic hydroxyl groups excluding tert-OH is 1. The molecule has 26 heavy (non-hydrogen) atoms. The molecule has 0 bridgehead atoms. The van der Waals surface area contributed by atoms with Gasteiger partial charge in [-0.3, -0.25) is 5.32 Å². The number of anilines is 1. The molecule has 2 N–H and O–H groups in total. The van der Waals surface area contributed by atoms with E-state index in [-0.39, 0.29) is 5.97 Å². The molecule has 2 heterocycles. The molecule has 1 aromatic heterocycles. The Kier molecular flexibility index (Phi) is 6.89. The van der Waals surface area contributed by atoms with Crippen LogP contribution >= 0.6 is 15.9 Å². The average Bonchev–Trinajstić information content (AvgIpc) is 2.68. The van der Waals surface area contributed by atoms with Crippen LogP contribution < -0.4 is 10.2 Å². The summed E-state index contributed by atoms with van der Waals surface area (Å²) in [6.45, 7) is 1.60. The molecule has 0 radical (unpaired) electrons. The number of carbonyl (C=O) groups excluding carboxylic acids is 1. The highest BCUT2D eigenvalue weighted by Crippen LogP contribution is 2.28. The van der Waals surface area contributed by atoms with Crippen molar-refractivity contribution in [2.75, 3.05) is 25.1 Å². The molecule has 1 aliphatic carbocycles. The van der Waals surface area contributed by atoms with Gasteiger partial charge in [-0.2, -0.15) is 0 Å².